The van der Waals surface area contributed by atoms with Crippen molar-refractivity contribution in [2.45, 2.75) is 33.1 Å². The van der Waals surface area contributed by atoms with Crippen molar-refractivity contribution in [2.24, 2.45) is 0 Å². The summed E-state index contributed by atoms with van der Waals surface area (Å²) in [6.45, 7) is 9.02. The molecule has 1 heteroatoms. The fraction of sp³-hybridized carbons (Fsp3) is 0.333. The second-order valence-corrected chi connectivity index (χ2v) is 6.62. The van der Waals surface area contributed by atoms with Gasteiger partial charge < -0.3 is 0 Å². The quantitative estimate of drug-likeness (QED) is 0.595. The summed E-state index contributed by atoms with van der Waals surface area (Å²) in [4.78, 5) is 0. The molecule has 0 aliphatic carbocycles. The zero-order valence-electron chi connectivity index (χ0n) is 10.3. The van der Waals surface area contributed by atoms with Gasteiger partial charge in [-0.1, -0.05) is 39.0 Å². The molecule has 0 radical (unpaired) electrons. The highest BCUT2D eigenvalue weighted by Gasteiger charge is 2.17. The SMILES string of the molecule is Cc1cc(I)cc2c(C(C)(C)C)cccc12. The van der Waals surface area contributed by atoms with E-state index in [0.717, 1.165) is 0 Å². The summed E-state index contributed by atoms with van der Waals surface area (Å²) in [5.41, 5.74) is 3.01. The number of rotatable bonds is 0. The number of hydrogen-bond acceptors (Lipinski definition) is 0. The topological polar surface area (TPSA) is 0 Å². The summed E-state index contributed by atoms with van der Waals surface area (Å²) in [6.07, 6.45) is 0. The maximum Gasteiger partial charge on any atom is 0.0139 e. The molecular formula is C15H17I. The Morgan fingerprint density at radius 3 is 2.31 bits per heavy atom. The first kappa shape index (κ1) is 11.9. The summed E-state index contributed by atoms with van der Waals surface area (Å²) in [5.74, 6) is 0. The van der Waals surface area contributed by atoms with E-state index in [2.05, 4.69) is 80.6 Å². The first-order chi connectivity index (χ1) is 7.39. The summed E-state index contributed by atoms with van der Waals surface area (Å²) >= 11 is 2.40. The third-order valence-corrected chi connectivity index (χ3v) is 3.60. The molecule has 0 heterocycles. The van der Waals surface area contributed by atoms with Gasteiger partial charge in [0.2, 0.25) is 0 Å². The van der Waals surface area contributed by atoms with Gasteiger partial charge in [0.25, 0.3) is 0 Å². The van der Waals surface area contributed by atoms with Crippen LogP contribution in [0.2, 0.25) is 0 Å². The zero-order chi connectivity index (χ0) is 11.9. The highest BCUT2D eigenvalue weighted by atomic mass is 127. The van der Waals surface area contributed by atoms with Crippen LogP contribution >= 0.6 is 22.6 Å². The number of fused-ring (bicyclic) bond motifs is 1. The maximum absolute atomic E-state index is 2.40. The van der Waals surface area contributed by atoms with Gasteiger partial charge in [-0.2, -0.15) is 0 Å². The van der Waals surface area contributed by atoms with Gasteiger partial charge >= 0.3 is 0 Å². The standard InChI is InChI=1S/C15H17I/c1-10-8-11(16)9-13-12(10)6-5-7-14(13)15(2,3)4/h5-9H,1-4H3. The molecule has 0 unspecified atom stereocenters. The lowest BCUT2D eigenvalue weighted by atomic mass is 9.83. The van der Waals surface area contributed by atoms with Crippen molar-refractivity contribution in [1.82, 2.24) is 0 Å². The van der Waals surface area contributed by atoms with Crippen LogP contribution in [0.15, 0.2) is 30.3 Å². The maximum atomic E-state index is 2.40. The number of hydrogen-bond donors (Lipinski definition) is 0. The Bertz CT molecular complexity index is 533. The van der Waals surface area contributed by atoms with Crippen LogP contribution in [0.5, 0.6) is 0 Å². The van der Waals surface area contributed by atoms with E-state index >= 15 is 0 Å². The lowest BCUT2D eigenvalue weighted by Crippen LogP contribution is -2.11. The minimum atomic E-state index is 0.205. The molecule has 2 aromatic carbocycles. The van der Waals surface area contributed by atoms with E-state index in [1.165, 1.54) is 25.5 Å². The molecule has 84 valence electrons. The third kappa shape index (κ3) is 2.10. The van der Waals surface area contributed by atoms with Crippen molar-refractivity contribution in [3.8, 4) is 0 Å². The van der Waals surface area contributed by atoms with Crippen molar-refractivity contribution in [3.05, 3.63) is 45.0 Å². The molecule has 16 heavy (non-hydrogen) atoms. The molecule has 2 rings (SSSR count). The molecule has 0 fully saturated rings. The van der Waals surface area contributed by atoms with Crippen molar-refractivity contribution in [2.75, 3.05) is 0 Å². The number of aryl methyl sites for hydroxylation is 1. The van der Waals surface area contributed by atoms with Crippen LogP contribution in [0.3, 0.4) is 0 Å². The van der Waals surface area contributed by atoms with Gasteiger partial charge in [-0.3, -0.25) is 0 Å². The molecule has 0 saturated heterocycles. The first-order valence-electron chi connectivity index (χ1n) is 5.59. The van der Waals surface area contributed by atoms with Gasteiger partial charge in [0, 0.05) is 3.57 Å². The number of benzene rings is 2. The summed E-state index contributed by atoms with van der Waals surface area (Å²) < 4.78 is 1.32. The molecular weight excluding hydrogens is 307 g/mol. The van der Waals surface area contributed by atoms with Crippen LogP contribution in [0, 0.1) is 10.5 Å². The predicted molar refractivity (Wildman–Crippen MR) is 80.1 cm³/mol. The minimum Gasteiger partial charge on any atom is -0.0613 e. The van der Waals surface area contributed by atoms with Crippen LogP contribution in [0.25, 0.3) is 10.8 Å². The fourth-order valence-corrected chi connectivity index (χ4v) is 2.96. The van der Waals surface area contributed by atoms with Crippen molar-refractivity contribution in [1.29, 1.82) is 0 Å². The molecule has 0 saturated carbocycles. The average molecular weight is 324 g/mol. The van der Waals surface area contributed by atoms with E-state index < -0.39 is 0 Å². The fourth-order valence-electron chi connectivity index (χ4n) is 2.18. The Labute approximate surface area is 111 Å². The van der Waals surface area contributed by atoms with Gasteiger partial charge in [-0.05, 0) is 69.0 Å². The minimum absolute atomic E-state index is 0.205. The molecule has 0 nitrogen and oxygen atoms in total. The van der Waals surface area contributed by atoms with Crippen molar-refractivity contribution in [3.63, 3.8) is 0 Å². The van der Waals surface area contributed by atoms with Crippen LogP contribution < -0.4 is 0 Å². The molecule has 0 aliphatic heterocycles. The molecule has 0 aromatic heterocycles. The molecule has 0 bridgehead atoms. The van der Waals surface area contributed by atoms with E-state index in [1.807, 2.05) is 0 Å². The largest absolute Gasteiger partial charge is 0.0613 e. The van der Waals surface area contributed by atoms with E-state index in [4.69, 9.17) is 0 Å². The van der Waals surface area contributed by atoms with E-state index in [9.17, 15) is 0 Å². The van der Waals surface area contributed by atoms with Gasteiger partial charge in [-0.15, -0.1) is 0 Å². The van der Waals surface area contributed by atoms with Gasteiger partial charge in [0.1, 0.15) is 0 Å². The van der Waals surface area contributed by atoms with Crippen LogP contribution in [0.4, 0.5) is 0 Å². The lowest BCUT2D eigenvalue weighted by Gasteiger charge is -2.22. The van der Waals surface area contributed by atoms with Crippen LogP contribution in [-0.2, 0) is 5.41 Å². The summed E-state index contributed by atoms with van der Waals surface area (Å²) in [6, 6.07) is 11.2. The normalized spacial score (nSPS) is 12.1. The smallest absolute Gasteiger partial charge is 0.0139 e. The third-order valence-electron chi connectivity index (χ3n) is 2.98. The molecule has 0 aliphatic rings. The van der Waals surface area contributed by atoms with Crippen molar-refractivity contribution >= 4 is 33.4 Å². The molecule has 0 atom stereocenters. The summed E-state index contributed by atoms with van der Waals surface area (Å²) in [7, 11) is 0. The molecule has 0 amide bonds. The van der Waals surface area contributed by atoms with Crippen LogP contribution in [0.1, 0.15) is 31.9 Å². The van der Waals surface area contributed by atoms with E-state index in [0.29, 0.717) is 0 Å². The Hall–Kier alpha value is -0.570. The monoisotopic (exact) mass is 324 g/mol. The van der Waals surface area contributed by atoms with Gasteiger partial charge in [-0.25, -0.2) is 0 Å². The molecule has 0 N–H and O–H groups in total. The second-order valence-electron chi connectivity index (χ2n) is 5.37. The Kier molecular flexibility index (Phi) is 2.99. The van der Waals surface area contributed by atoms with E-state index in [-0.39, 0.29) is 5.41 Å². The Morgan fingerprint density at radius 2 is 1.69 bits per heavy atom. The summed E-state index contributed by atoms with van der Waals surface area (Å²) in [5, 5.41) is 2.78. The second kappa shape index (κ2) is 4.02. The molecule has 2 aromatic rings. The average Bonchev–Trinajstić information content (AvgIpc) is 2.15. The Morgan fingerprint density at radius 1 is 1.00 bits per heavy atom. The lowest BCUT2D eigenvalue weighted by molar-refractivity contribution is 0.596. The predicted octanol–water partition coefficient (Wildman–Crippen LogP) is 5.05. The first-order valence-corrected chi connectivity index (χ1v) is 6.67. The molecule has 0 spiro atoms. The van der Waals surface area contributed by atoms with Crippen LogP contribution in [-0.4, -0.2) is 0 Å². The highest BCUT2D eigenvalue weighted by molar-refractivity contribution is 14.1. The van der Waals surface area contributed by atoms with Gasteiger partial charge in [0.15, 0.2) is 0 Å². The zero-order valence-corrected chi connectivity index (χ0v) is 12.4. The van der Waals surface area contributed by atoms with Crippen molar-refractivity contribution < 1.29 is 0 Å². The van der Waals surface area contributed by atoms with Gasteiger partial charge in [0.05, 0.1) is 0 Å². The highest BCUT2D eigenvalue weighted by Crippen LogP contribution is 2.32. The van der Waals surface area contributed by atoms with E-state index in [1.54, 1.807) is 0 Å². The Balaban J connectivity index is 2.87. The number of halogens is 1.